The van der Waals surface area contributed by atoms with Crippen molar-refractivity contribution in [3.05, 3.63) is 11.3 Å². The molecule has 0 saturated carbocycles. The number of piperidine rings is 1. The zero-order chi connectivity index (χ0) is 13.3. The Morgan fingerprint density at radius 2 is 2.28 bits per heavy atom. The van der Waals surface area contributed by atoms with E-state index in [4.69, 9.17) is 10.9 Å². The molecule has 1 atom stereocenters. The molecule has 2 rings (SSSR count). The van der Waals surface area contributed by atoms with E-state index in [1.165, 1.54) is 12.8 Å². The number of hydrogen-bond acceptors (Lipinski definition) is 4. The minimum absolute atomic E-state index is 0.133. The molecule has 2 heterocycles. The molecule has 6 nitrogen and oxygen atoms in total. The van der Waals surface area contributed by atoms with Crippen LogP contribution in [0.25, 0.3) is 0 Å². The van der Waals surface area contributed by atoms with Crippen LogP contribution < -0.4 is 10.6 Å². The molecule has 0 aromatic carbocycles. The van der Waals surface area contributed by atoms with E-state index in [1.807, 2.05) is 18.7 Å². The molecule has 3 N–H and O–H groups in total. The van der Waals surface area contributed by atoms with E-state index >= 15 is 0 Å². The Morgan fingerprint density at radius 1 is 1.56 bits per heavy atom. The number of aryl methyl sites for hydroxylation is 2. The maximum absolute atomic E-state index is 8.90. The lowest BCUT2D eigenvalue weighted by Crippen LogP contribution is -2.37. The maximum atomic E-state index is 8.90. The van der Waals surface area contributed by atoms with Gasteiger partial charge in [-0.2, -0.15) is 5.10 Å². The molecular formula is C12H21N5O. The van der Waals surface area contributed by atoms with Gasteiger partial charge >= 0.3 is 0 Å². The fraction of sp³-hybridized carbons (Fsp3) is 0.667. The summed E-state index contributed by atoms with van der Waals surface area (Å²) < 4.78 is 1.82. The third-order valence-corrected chi connectivity index (χ3v) is 3.51. The summed E-state index contributed by atoms with van der Waals surface area (Å²) >= 11 is 0. The summed E-state index contributed by atoms with van der Waals surface area (Å²) in [5, 5.41) is 16.4. The zero-order valence-electron chi connectivity index (χ0n) is 11.2. The standard InChI is InChI=1S/C12H21N5O/c1-8-5-4-6-17(7-8)12-10(11(13)15-18)9(2)14-16(12)3/h8,18H,4-7H2,1-3H3,(H2,13,15). The highest BCUT2D eigenvalue weighted by Crippen LogP contribution is 2.27. The molecule has 18 heavy (non-hydrogen) atoms. The van der Waals surface area contributed by atoms with Crippen molar-refractivity contribution >= 4 is 11.7 Å². The second-order valence-electron chi connectivity index (χ2n) is 5.09. The summed E-state index contributed by atoms with van der Waals surface area (Å²) in [5.41, 5.74) is 7.31. The Bertz CT molecular complexity index is 465. The summed E-state index contributed by atoms with van der Waals surface area (Å²) in [6.45, 7) is 6.11. The molecule has 100 valence electrons. The molecule has 1 fully saturated rings. The van der Waals surface area contributed by atoms with E-state index in [1.54, 1.807) is 0 Å². The van der Waals surface area contributed by atoms with Crippen LogP contribution in [0.2, 0.25) is 0 Å². The lowest BCUT2D eigenvalue weighted by atomic mass is 10.00. The molecule has 0 spiro atoms. The van der Waals surface area contributed by atoms with Crippen LogP contribution in [0, 0.1) is 12.8 Å². The van der Waals surface area contributed by atoms with Gasteiger partial charge in [-0.3, -0.25) is 4.68 Å². The molecule has 0 bridgehead atoms. The smallest absolute Gasteiger partial charge is 0.175 e. The first-order valence-electron chi connectivity index (χ1n) is 6.31. The summed E-state index contributed by atoms with van der Waals surface area (Å²) in [4.78, 5) is 2.28. The molecule has 0 radical (unpaired) electrons. The van der Waals surface area contributed by atoms with Crippen molar-refractivity contribution in [2.24, 2.45) is 23.9 Å². The highest BCUT2D eigenvalue weighted by atomic mass is 16.4. The highest BCUT2D eigenvalue weighted by molar-refractivity contribution is 6.02. The van der Waals surface area contributed by atoms with Crippen molar-refractivity contribution in [1.29, 1.82) is 0 Å². The van der Waals surface area contributed by atoms with Gasteiger partial charge in [-0.05, 0) is 25.7 Å². The van der Waals surface area contributed by atoms with Gasteiger partial charge in [0.2, 0.25) is 0 Å². The topological polar surface area (TPSA) is 79.7 Å². The lowest BCUT2D eigenvalue weighted by molar-refractivity contribution is 0.318. The van der Waals surface area contributed by atoms with Gasteiger partial charge in [0, 0.05) is 20.1 Å². The number of nitrogens with zero attached hydrogens (tertiary/aromatic N) is 4. The van der Waals surface area contributed by atoms with E-state index < -0.39 is 0 Å². The summed E-state index contributed by atoms with van der Waals surface area (Å²) in [7, 11) is 1.90. The second kappa shape index (κ2) is 4.88. The van der Waals surface area contributed by atoms with Gasteiger partial charge in [0.25, 0.3) is 0 Å². The highest BCUT2D eigenvalue weighted by Gasteiger charge is 2.25. The van der Waals surface area contributed by atoms with Crippen molar-refractivity contribution in [2.75, 3.05) is 18.0 Å². The van der Waals surface area contributed by atoms with Crippen LogP contribution in [-0.4, -0.2) is 33.9 Å². The Balaban J connectivity index is 2.43. The number of nitrogens with two attached hydrogens (primary N) is 1. The normalized spacial score (nSPS) is 21.4. The van der Waals surface area contributed by atoms with Gasteiger partial charge in [0.15, 0.2) is 5.84 Å². The molecule has 6 heteroatoms. The first kappa shape index (κ1) is 12.7. The summed E-state index contributed by atoms with van der Waals surface area (Å²) in [5.74, 6) is 1.75. The van der Waals surface area contributed by atoms with Gasteiger partial charge in [0.1, 0.15) is 5.82 Å². The SMILES string of the molecule is Cc1nn(C)c(N2CCCC(C)C2)c1C(N)=NO. The van der Waals surface area contributed by atoms with Crippen LogP contribution >= 0.6 is 0 Å². The molecule has 1 aromatic heterocycles. The van der Waals surface area contributed by atoms with Crippen molar-refractivity contribution in [3.63, 3.8) is 0 Å². The first-order valence-corrected chi connectivity index (χ1v) is 6.31. The fourth-order valence-electron chi connectivity index (χ4n) is 2.74. The largest absolute Gasteiger partial charge is 0.409 e. The Labute approximate surface area is 107 Å². The van der Waals surface area contributed by atoms with Crippen LogP contribution in [0.15, 0.2) is 5.16 Å². The molecular weight excluding hydrogens is 230 g/mol. The average Bonchev–Trinajstić information content (AvgIpc) is 2.63. The van der Waals surface area contributed by atoms with E-state index in [-0.39, 0.29) is 5.84 Å². The Morgan fingerprint density at radius 3 is 2.89 bits per heavy atom. The number of hydrogen-bond donors (Lipinski definition) is 2. The van der Waals surface area contributed by atoms with Crippen LogP contribution in [-0.2, 0) is 7.05 Å². The number of oxime groups is 1. The lowest BCUT2D eigenvalue weighted by Gasteiger charge is -2.33. The van der Waals surface area contributed by atoms with Gasteiger partial charge in [-0.25, -0.2) is 0 Å². The van der Waals surface area contributed by atoms with Gasteiger partial charge < -0.3 is 15.8 Å². The van der Waals surface area contributed by atoms with E-state index in [0.717, 1.165) is 30.2 Å². The average molecular weight is 251 g/mol. The van der Waals surface area contributed by atoms with Gasteiger partial charge in [-0.15, -0.1) is 0 Å². The van der Waals surface area contributed by atoms with Crippen LogP contribution in [0.1, 0.15) is 31.0 Å². The van der Waals surface area contributed by atoms with Crippen molar-refractivity contribution in [1.82, 2.24) is 9.78 Å². The van der Waals surface area contributed by atoms with Crippen molar-refractivity contribution < 1.29 is 5.21 Å². The third-order valence-electron chi connectivity index (χ3n) is 3.51. The quantitative estimate of drug-likeness (QED) is 0.356. The molecule has 0 aliphatic carbocycles. The summed E-state index contributed by atoms with van der Waals surface area (Å²) in [6, 6.07) is 0. The fourth-order valence-corrected chi connectivity index (χ4v) is 2.74. The molecule has 0 amide bonds. The molecule has 1 aliphatic heterocycles. The Kier molecular flexibility index (Phi) is 3.45. The predicted octanol–water partition coefficient (Wildman–Crippen LogP) is 1.06. The monoisotopic (exact) mass is 251 g/mol. The summed E-state index contributed by atoms with van der Waals surface area (Å²) in [6.07, 6.45) is 2.42. The Hall–Kier alpha value is -1.72. The number of rotatable bonds is 2. The second-order valence-corrected chi connectivity index (χ2v) is 5.09. The predicted molar refractivity (Wildman–Crippen MR) is 71.1 cm³/mol. The van der Waals surface area contributed by atoms with Crippen molar-refractivity contribution in [2.45, 2.75) is 26.7 Å². The molecule has 1 aliphatic rings. The van der Waals surface area contributed by atoms with Gasteiger partial charge in [-0.1, -0.05) is 12.1 Å². The van der Waals surface area contributed by atoms with Crippen LogP contribution in [0.4, 0.5) is 5.82 Å². The number of amidine groups is 1. The van der Waals surface area contributed by atoms with Crippen molar-refractivity contribution in [3.8, 4) is 0 Å². The van der Waals surface area contributed by atoms with E-state index in [2.05, 4.69) is 22.1 Å². The minimum atomic E-state index is 0.133. The zero-order valence-corrected chi connectivity index (χ0v) is 11.2. The third kappa shape index (κ3) is 2.14. The van der Waals surface area contributed by atoms with Gasteiger partial charge in [0.05, 0.1) is 11.3 Å². The van der Waals surface area contributed by atoms with Crippen LogP contribution in [0.5, 0.6) is 0 Å². The van der Waals surface area contributed by atoms with Crippen LogP contribution in [0.3, 0.4) is 0 Å². The molecule has 1 unspecified atom stereocenters. The minimum Gasteiger partial charge on any atom is -0.409 e. The van der Waals surface area contributed by atoms with E-state index in [9.17, 15) is 0 Å². The number of aromatic nitrogens is 2. The molecule has 1 aromatic rings. The first-order chi connectivity index (χ1) is 8.54. The maximum Gasteiger partial charge on any atom is 0.175 e. The number of anilines is 1. The molecule has 1 saturated heterocycles. The van der Waals surface area contributed by atoms with E-state index in [0.29, 0.717) is 5.92 Å².